The van der Waals surface area contributed by atoms with Crippen molar-refractivity contribution in [3.05, 3.63) is 22.1 Å². The lowest BCUT2D eigenvalue weighted by molar-refractivity contribution is 0.664. The number of nitrogens with zero attached hydrogens (tertiary/aromatic N) is 7. The number of aromatic nitrogens is 8. The van der Waals surface area contributed by atoms with Crippen molar-refractivity contribution in [1.29, 1.82) is 0 Å². The van der Waals surface area contributed by atoms with Gasteiger partial charge in [0.1, 0.15) is 0 Å². The van der Waals surface area contributed by atoms with Gasteiger partial charge in [-0.1, -0.05) is 30.4 Å². The summed E-state index contributed by atoms with van der Waals surface area (Å²) in [5.74, 6) is 1.75. The van der Waals surface area contributed by atoms with E-state index < -0.39 is 0 Å². The smallest absolute Gasteiger partial charge is 0.267 e. The topological polar surface area (TPSA) is 107 Å². The van der Waals surface area contributed by atoms with Crippen LogP contribution in [0.1, 0.15) is 12.6 Å². The van der Waals surface area contributed by atoms with Crippen LogP contribution in [0.15, 0.2) is 21.2 Å². The summed E-state index contributed by atoms with van der Waals surface area (Å²) >= 11 is 2.94. The lowest BCUT2D eigenvalue weighted by Crippen LogP contribution is -2.15. The van der Waals surface area contributed by atoms with Gasteiger partial charge < -0.3 is 0 Å². The molecule has 0 atom stereocenters. The van der Waals surface area contributed by atoms with Crippen LogP contribution in [0.25, 0.3) is 5.78 Å². The number of hydrogen-bond donors (Lipinski definition) is 1. The number of rotatable bonds is 5. The van der Waals surface area contributed by atoms with Gasteiger partial charge in [0.25, 0.3) is 11.3 Å². The molecule has 0 aromatic carbocycles. The molecule has 0 radical (unpaired) electrons. The Morgan fingerprint density at radius 2 is 2.19 bits per heavy atom. The van der Waals surface area contributed by atoms with Crippen molar-refractivity contribution < 1.29 is 0 Å². The predicted molar refractivity (Wildman–Crippen MR) is 78.4 cm³/mol. The molecule has 0 fully saturated rings. The molecule has 1 N–H and O–H groups in total. The van der Waals surface area contributed by atoms with E-state index in [0.717, 1.165) is 5.75 Å². The number of H-pyrrole nitrogens is 1. The van der Waals surface area contributed by atoms with Crippen molar-refractivity contribution in [2.45, 2.75) is 23.0 Å². The molecule has 0 bridgehead atoms. The van der Waals surface area contributed by atoms with E-state index in [1.54, 1.807) is 11.7 Å². The van der Waals surface area contributed by atoms with E-state index in [1.165, 1.54) is 34.1 Å². The van der Waals surface area contributed by atoms with Gasteiger partial charge >= 0.3 is 0 Å². The average molecular weight is 324 g/mol. The molecule has 3 heterocycles. The number of fused-ring (bicyclic) bond motifs is 1. The highest BCUT2D eigenvalue weighted by Gasteiger charge is 2.10. The van der Waals surface area contributed by atoms with E-state index in [2.05, 4.69) is 30.6 Å². The Kier molecular flexibility index (Phi) is 3.92. The maximum Gasteiger partial charge on any atom is 0.274 e. The first-order valence-electron chi connectivity index (χ1n) is 6.14. The molecule has 0 aliphatic heterocycles. The molecule has 0 saturated carbocycles. The van der Waals surface area contributed by atoms with E-state index in [-0.39, 0.29) is 5.56 Å². The Bertz CT molecular complexity index is 822. The quantitative estimate of drug-likeness (QED) is 0.670. The van der Waals surface area contributed by atoms with Crippen LogP contribution in [0.3, 0.4) is 0 Å². The molecule has 3 aromatic heterocycles. The van der Waals surface area contributed by atoms with Crippen molar-refractivity contribution >= 4 is 29.3 Å². The number of nitrogens with one attached hydrogen (secondary N) is 1. The van der Waals surface area contributed by atoms with Crippen molar-refractivity contribution in [1.82, 2.24) is 39.8 Å². The third-order valence-corrected chi connectivity index (χ3v) is 4.36. The molecule has 0 aliphatic rings. The minimum atomic E-state index is -0.179. The van der Waals surface area contributed by atoms with Crippen molar-refractivity contribution in [2.75, 3.05) is 5.75 Å². The molecular weight excluding hydrogens is 312 g/mol. The minimum Gasteiger partial charge on any atom is -0.267 e. The zero-order valence-corrected chi connectivity index (χ0v) is 13.0. The number of thioether (sulfide) groups is 2. The Hall–Kier alpha value is -1.88. The SMILES string of the molecule is CCSc1nc2nc(CSc3nnnn3C)cc(=O)n2[nH]1. The highest BCUT2D eigenvalue weighted by molar-refractivity contribution is 7.99. The summed E-state index contributed by atoms with van der Waals surface area (Å²) in [7, 11) is 1.76. The molecule has 21 heavy (non-hydrogen) atoms. The van der Waals surface area contributed by atoms with Gasteiger partial charge in [-0.15, -0.1) is 5.10 Å². The third kappa shape index (κ3) is 2.93. The molecule has 9 nitrogen and oxygen atoms in total. The lowest BCUT2D eigenvalue weighted by Gasteiger charge is -1.99. The largest absolute Gasteiger partial charge is 0.274 e. The van der Waals surface area contributed by atoms with Gasteiger partial charge in [0, 0.05) is 18.9 Å². The van der Waals surface area contributed by atoms with Gasteiger partial charge in [-0.05, 0) is 16.2 Å². The molecule has 0 unspecified atom stereocenters. The molecular formula is C10H12N8OS2. The summed E-state index contributed by atoms with van der Waals surface area (Å²) in [6.07, 6.45) is 0. The zero-order valence-electron chi connectivity index (χ0n) is 11.3. The van der Waals surface area contributed by atoms with Crippen molar-refractivity contribution in [3.63, 3.8) is 0 Å². The van der Waals surface area contributed by atoms with E-state index >= 15 is 0 Å². The second-order valence-electron chi connectivity index (χ2n) is 4.06. The number of hydrogen-bond acceptors (Lipinski definition) is 8. The first-order chi connectivity index (χ1) is 10.2. The molecule has 3 rings (SSSR count). The Morgan fingerprint density at radius 3 is 2.90 bits per heavy atom. The summed E-state index contributed by atoms with van der Waals surface area (Å²) < 4.78 is 2.91. The van der Waals surface area contributed by atoms with Crippen LogP contribution in [-0.4, -0.2) is 45.5 Å². The van der Waals surface area contributed by atoms with Crippen LogP contribution in [-0.2, 0) is 12.8 Å². The summed E-state index contributed by atoms with van der Waals surface area (Å²) in [4.78, 5) is 20.7. The maximum atomic E-state index is 12.0. The number of tetrazole rings is 1. The van der Waals surface area contributed by atoms with Crippen LogP contribution in [0.5, 0.6) is 0 Å². The van der Waals surface area contributed by atoms with Crippen LogP contribution < -0.4 is 5.56 Å². The number of aromatic amines is 1. The predicted octanol–water partition coefficient (Wildman–Crippen LogP) is 0.345. The van der Waals surface area contributed by atoms with Crippen LogP contribution in [0.4, 0.5) is 0 Å². The van der Waals surface area contributed by atoms with Crippen molar-refractivity contribution in [3.8, 4) is 0 Å². The minimum absolute atomic E-state index is 0.179. The van der Waals surface area contributed by atoms with E-state index in [0.29, 0.717) is 27.5 Å². The summed E-state index contributed by atoms with van der Waals surface area (Å²) in [6, 6.07) is 1.49. The maximum absolute atomic E-state index is 12.0. The number of aryl methyl sites for hydroxylation is 1. The van der Waals surface area contributed by atoms with Gasteiger partial charge in [-0.3, -0.25) is 9.89 Å². The van der Waals surface area contributed by atoms with Gasteiger partial charge in [0.2, 0.25) is 5.16 Å². The van der Waals surface area contributed by atoms with Crippen LogP contribution >= 0.6 is 23.5 Å². The van der Waals surface area contributed by atoms with Gasteiger partial charge in [0.15, 0.2) is 5.16 Å². The fourth-order valence-electron chi connectivity index (χ4n) is 1.67. The summed E-state index contributed by atoms with van der Waals surface area (Å²) in [5, 5.41) is 15.5. The fraction of sp³-hybridized carbons (Fsp3) is 0.400. The average Bonchev–Trinajstić information content (AvgIpc) is 3.03. The second-order valence-corrected chi connectivity index (χ2v) is 6.25. The normalized spacial score (nSPS) is 11.3. The lowest BCUT2D eigenvalue weighted by atomic mass is 10.4. The Labute approximate surface area is 127 Å². The van der Waals surface area contributed by atoms with E-state index in [9.17, 15) is 4.79 Å². The molecule has 0 aliphatic carbocycles. The summed E-state index contributed by atoms with van der Waals surface area (Å²) in [6.45, 7) is 2.02. The van der Waals surface area contributed by atoms with Crippen LogP contribution in [0.2, 0.25) is 0 Å². The Morgan fingerprint density at radius 1 is 1.33 bits per heavy atom. The van der Waals surface area contributed by atoms with Gasteiger partial charge in [0.05, 0.1) is 5.69 Å². The van der Waals surface area contributed by atoms with E-state index in [4.69, 9.17) is 0 Å². The third-order valence-electron chi connectivity index (χ3n) is 2.57. The van der Waals surface area contributed by atoms with E-state index in [1.807, 2.05) is 6.92 Å². The first-order valence-corrected chi connectivity index (χ1v) is 8.11. The molecule has 0 amide bonds. The first kappa shape index (κ1) is 14.1. The zero-order chi connectivity index (χ0) is 14.8. The fourth-order valence-corrected chi connectivity index (χ4v) is 2.98. The molecule has 110 valence electrons. The van der Waals surface area contributed by atoms with Crippen LogP contribution in [0, 0.1) is 0 Å². The summed E-state index contributed by atoms with van der Waals surface area (Å²) in [5.41, 5.74) is 0.467. The van der Waals surface area contributed by atoms with Gasteiger partial charge in [-0.2, -0.15) is 9.50 Å². The monoisotopic (exact) mass is 324 g/mol. The Balaban J connectivity index is 1.86. The molecule has 3 aromatic rings. The second kappa shape index (κ2) is 5.85. The highest BCUT2D eigenvalue weighted by Crippen LogP contribution is 2.18. The molecule has 0 saturated heterocycles. The van der Waals surface area contributed by atoms with Crippen molar-refractivity contribution in [2.24, 2.45) is 7.05 Å². The molecule has 11 heteroatoms. The molecule has 0 spiro atoms. The standard InChI is InChI=1S/C10H12N8OS2/c1-3-20-9-12-8-11-6(4-7(19)18(8)14-9)5-21-10-13-15-16-17(10)2/h4H,3,5H2,1-2H3,(H,11,12,14). The highest BCUT2D eigenvalue weighted by atomic mass is 32.2. The van der Waals surface area contributed by atoms with Gasteiger partial charge in [-0.25, -0.2) is 9.67 Å².